The first kappa shape index (κ1) is 10.8. The van der Waals surface area contributed by atoms with Crippen molar-refractivity contribution >= 4 is 5.78 Å². The van der Waals surface area contributed by atoms with Crippen molar-refractivity contribution in [1.29, 1.82) is 0 Å². The molecular weight excluding hydrogens is 244 g/mol. The molecule has 0 heterocycles. The van der Waals surface area contributed by atoms with Gasteiger partial charge in [0.25, 0.3) is 0 Å². The van der Waals surface area contributed by atoms with Crippen LogP contribution in [0.5, 0.6) is 0 Å². The van der Waals surface area contributed by atoms with Crippen molar-refractivity contribution in [3.63, 3.8) is 0 Å². The molecule has 0 spiro atoms. The third kappa shape index (κ3) is 1.13. The smallest absolute Gasteiger partial charge is 0.137 e. The second kappa shape index (κ2) is 3.60. The summed E-state index contributed by atoms with van der Waals surface area (Å²) in [6.07, 6.45) is 1.86. The first-order valence-corrected chi connectivity index (χ1v) is 7.56. The lowest BCUT2D eigenvalue weighted by molar-refractivity contribution is -0.122. The van der Waals surface area contributed by atoms with E-state index in [1.165, 1.54) is 22.3 Å². The van der Waals surface area contributed by atoms with Crippen molar-refractivity contribution in [2.75, 3.05) is 0 Å². The molecule has 0 N–H and O–H groups in total. The highest BCUT2D eigenvalue weighted by Crippen LogP contribution is 2.61. The fourth-order valence-electron chi connectivity index (χ4n) is 5.04. The normalized spacial score (nSPS) is 32.7. The Bertz CT molecular complexity index is 683. The summed E-state index contributed by atoms with van der Waals surface area (Å²) < 4.78 is 0. The lowest BCUT2D eigenvalue weighted by Gasteiger charge is -2.47. The number of hydrogen-bond donors (Lipinski definition) is 0. The van der Waals surface area contributed by atoms with Gasteiger partial charge in [-0.15, -0.1) is 0 Å². The van der Waals surface area contributed by atoms with E-state index in [-0.39, 0.29) is 5.92 Å². The van der Waals surface area contributed by atoms with Gasteiger partial charge in [0.1, 0.15) is 5.78 Å². The van der Waals surface area contributed by atoms with E-state index in [4.69, 9.17) is 0 Å². The van der Waals surface area contributed by atoms with Crippen molar-refractivity contribution < 1.29 is 4.79 Å². The van der Waals surface area contributed by atoms with Crippen LogP contribution in [0.2, 0.25) is 0 Å². The van der Waals surface area contributed by atoms with E-state index >= 15 is 0 Å². The fourth-order valence-corrected chi connectivity index (χ4v) is 5.04. The zero-order chi connectivity index (χ0) is 13.3. The minimum atomic E-state index is 0.241. The topological polar surface area (TPSA) is 17.1 Å². The molecule has 0 amide bonds. The quantitative estimate of drug-likeness (QED) is 0.702. The zero-order valence-corrected chi connectivity index (χ0v) is 11.3. The monoisotopic (exact) mass is 260 g/mol. The summed E-state index contributed by atoms with van der Waals surface area (Å²) in [5, 5.41) is 0. The Morgan fingerprint density at radius 2 is 1.25 bits per heavy atom. The van der Waals surface area contributed by atoms with Gasteiger partial charge in [-0.1, -0.05) is 48.5 Å². The molecule has 0 aromatic heterocycles. The van der Waals surface area contributed by atoms with Gasteiger partial charge in [0.05, 0.1) is 0 Å². The van der Waals surface area contributed by atoms with Crippen molar-refractivity contribution in [2.24, 2.45) is 11.8 Å². The number of ketones is 1. The fraction of sp³-hybridized carbons (Fsp3) is 0.316. The highest BCUT2D eigenvalue weighted by Gasteiger charge is 2.54. The predicted molar refractivity (Wildman–Crippen MR) is 77.8 cm³/mol. The molecule has 4 aliphatic carbocycles. The molecule has 1 saturated carbocycles. The van der Waals surface area contributed by atoms with Gasteiger partial charge in [0, 0.05) is 24.2 Å². The van der Waals surface area contributed by atoms with Gasteiger partial charge < -0.3 is 0 Å². The van der Waals surface area contributed by atoms with Crippen LogP contribution in [0.15, 0.2) is 48.5 Å². The summed E-state index contributed by atoms with van der Waals surface area (Å²) in [6, 6.07) is 17.6. The molecule has 1 nitrogen and oxygen atoms in total. The van der Waals surface area contributed by atoms with Gasteiger partial charge in [-0.3, -0.25) is 4.79 Å². The van der Waals surface area contributed by atoms with Crippen LogP contribution in [0.4, 0.5) is 0 Å². The van der Waals surface area contributed by atoms with Crippen molar-refractivity contribution in [3.8, 4) is 0 Å². The molecular formula is C19H16O. The lowest BCUT2D eigenvalue weighted by atomic mass is 9.55. The Labute approximate surface area is 118 Å². The number of carbonyl (C=O) groups is 1. The second-order valence-electron chi connectivity index (χ2n) is 6.41. The molecule has 0 aliphatic heterocycles. The van der Waals surface area contributed by atoms with Gasteiger partial charge in [0.2, 0.25) is 0 Å². The number of benzene rings is 2. The number of Topliss-reactive ketones (excluding diaryl/α,β-unsaturated/α-hetero) is 1. The van der Waals surface area contributed by atoms with E-state index in [2.05, 4.69) is 48.5 Å². The van der Waals surface area contributed by atoms with Crippen molar-refractivity contribution in [2.45, 2.75) is 24.7 Å². The molecule has 2 aromatic rings. The zero-order valence-electron chi connectivity index (χ0n) is 11.3. The third-order valence-corrected chi connectivity index (χ3v) is 5.68. The summed E-state index contributed by atoms with van der Waals surface area (Å²) in [5.41, 5.74) is 5.78. The van der Waals surface area contributed by atoms with E-state index < -0.39 is 0 Å². The summed E-state index contributed by atoms with van der Waals surface area (Å²) >= 11 is 0. The SMILES string of the molecule is O=C1CCC2C3c4ccccc4C(c4ccccc43)C12. The highest BCUT2D eigenvalue weighted by molar-refractivity contribution is 5.87. The second-order valence-corrected chi connectivity index (χ2v) is 6.41. The average molecular weight is 260 g/mol. The maximum Gasteiger partial charge on any atom is 0.137 e. The summed E-state index contributed by atoms with van der Waals surface area (Å²) in [6.45, 7) is 0. The van der Waals surface area contributed by atoms with E-state index in [9.17, 15) is 4.79 Å². The Morgan fingerprint density at radius 3 is 1.80 bits per heavy atom. The lowest BCUT2D eigenvalue weighted by Crippen LogP contribution is -2.39. The minimum absolute atomic E-state index is 0.241. The van der Waals surface area contributed by atoms with E-state index in [1.807, 2.05) is 0 Å². The largest absolute Gasteiger partial charge is 0.299 e. The number of hydrogen-bond acceptors (Lipinski definition) is 1. The number of rotatable bonds is 0. The summed E-state index contributed by atoms with van der Waals surface area (Å²) in [7, 11) is 0. The third-order valence-electron chi connectivity index (χ3n) is 5.68. The number of carbonyl (C=O) groups excluding carboxylic acids is 1. The first-order valence-electron chi connectivity index (χ1n) is 7.56. The Kier molecular flexibility index (Phi) is 1.95. The van der Waals surface area contributed by atoms with Crippen LogP contribution < -0.4 is 0 Å². The standard InChI is InChI=1S/C19H16O/c20-16-10-9-15-17-11-5-1-3-7-13(11)18(19(15)16)14-8-4-2-6-12(14)17/h1-8,15,17-19H,9-10H2. The van der Waals surface area contributed by atoms with Gasteiger partial charge in [-0.2, -0.15) is 0 Å². The van der Waals surface area contributed by atoms with Crippen LogP contribution in [-0.2, 0) is 4.79 Å². The molecule has 2 atom stereocenters. The molecule has 2 aromatic carbocycles. The molecule has 4 aliphatic rings. The Hall–Kier alpha value is -1.89. The van der Waals surface area contributed by atoms with Crippen molar-refractivity contribution in [3.05, 3.63) is 70.8 Å². The highest BCUT2D eigenvalue weighted by atomic mass is 16.1. The summed E-state index contributed by atoms with van der Waals surface area (Å²) in [4.78, 5) is 12.4. The van der Waals surface area contributed by atoms with Crippen LogP contribution in [0.1, 0.15) is 46.9 Å². The van der Waals surface area contributed by atoms with Gasteiger partial charge >= 0.3 is 0 Å². The molecule has 0 saturated heterocycles. The molecule has 20 heavy (non-hydrogen) atoms. The van der Waals surface area contributed by atoms with Crippen LogP contribution >= 0.6 is 0 Å². The summed E-state index contributed by atoms with van der Waals surface area (Å²) in [5.74, 6) is 2.03. The Balaban J connectivity index is 1.86. The van der Waals surface area contributed by atoms with Crippen LogP contribution in [-0.4, -0.2) is 5.78 Å². The molecule has 2 bridgehead atoms. The minimum Gasteiger partial charge on any atom is -0.299 e. The molecule has 2 unspecified atom stereocenters. The van der Waals surface area contributed by atoms with Gasteiger partial charge in [0.15, 0.2) is 0 Å². The van der Waals surface area contributed by atoms with Gasteiger partial charge in [-0.05, 0) is 34.6 Å². The molecule has 1 heteroatoms. The van der Waals surface area contributed by atoms with Gasteiger partial charge in [-0.25, -0.2) is 0 Å². The van der Waals surface area contributed by atoms with E-state index in [0.717, 1.165) is 12.8 Å². The average Bonchev–Trinajstić information content (AvgIpc) is 2.90. The van der Waals surface area contributed by atoms with E-state index in [1.54, 1.807) is 0 Å². The molecule has 98 valence electrons. The first-order chi connectivity index (χ1) is 9.86. The maximum absolute atomic E-state index is 12.4. The van der Waals surface area contributed by atoms with Crippen LogP contribution in [0, 0.1) is 11.8 Å². The molecule has 1 fully saturated rings. The molecule has 0 radical (unpaired) electrons. The molecule has 6 rings (SSSR count). The van der Waals surface area contributed by atoms with Crippen LogP contribution in [0.3, 0.4) is 0 Å². The van der Waals surface area contributed by atoms with E-state index in [0.29, 0.717) is 23.5 Å². The predicted octanol–water partition coefficient (Wildman–Crippen LogP) is 3.87. The van der Waals surface area contributed by atoms with Crippen LogP contribution in [0.25, 0.3) is 0 Å². The Morgan fingerprint density at radius 1 is 0.750 bits per heavy atom. The maximum atomic E-state index is 12.4. The van der Waals surface area contributed by atoms with Crippen molar-refractivity contribution in [1.82, 2.24) is 0 Å².